The maximum absolute atomic E-state index is 12.8. The van der Waals surface area contributed by atoms with Gasteiger partial charge in [0.1, 0.15) is 6.04 Å². The first kappa shape index (κ1) is 18.9. The molecule has 1 amide bonds. The van der Waals surface area contributed by atoms with Gasteiger partial charge in [0.25, 0.3) is 10.0 Å². The van der Waals surface area contributed by atoms with Crippen LogP contribution in [0, 0.1) is 0 Å². The average molecular weight is 368 g/mol. The van der Waals surface area contributed by atoms with Crippen LogP contribution in [0.2, 0.25) is 0 Å². The van der Waals surface area contributed by atoms with E-state index in [1.807, 2.05) is 0 Å². The number of furan rings is 1. The summed E-state index contributed by atoms with van der Waals surface area (Å²) in [5, 5.41) is 8.40. The number of amides is 1. The molecule has 25 heavy (non-hydrogen) atoms. The molecule has 1 N–H and O–H groups in total. The van der Waals surface area contributed by atoms with E-state index < -0.39 is 32.9 Å². The van der Waals surface area contributed by atoms with Gasteiger partial charge in [-0.05, 0) is 25.0 Å². The van der Waals surface area contributed by atoms with Gasteiger partial charge in [0.05, 0.1) is 0 Å². The molecule has 0 spiro atoms. The van der Waals surface area contributed by atoms with Crippen LogP contribution in [0.3, 0.4) is 0 Å². The quantitative estimate of drug-likeness (QED) is 0.694. The number of aromatic carboxylic acids is 1. The third-order valence-electron chi connectivity index (χ3n) is 3.85. The molecule has 1 atom stereocenters. The van der Waals surface area contributed by atoms with E-state index in [0.29, 0.717) is 12.8 Å². The second-order valence-electron chi connectivity index (χ2n) is 5.52. The number of nitrogens with zero attached hydrogens (tertiary/aromatic N) is 2. The molecule has 1 saturated heterocycles. The van der Waals surface area contributed by atoms with Crippen molar-refractivity contribution < 1.29 is 27.5 Å². The summed E-state index contributed by atoms with van der Waals surface area (Å²) in [4.78, 5) is 25.1. The summed E-state index contributed by atoms with van der Waals surface area (Å²) < 4.78 is 31.5. The molecule has 1 aliphatic heterocycles. The van der Waals surface area contributed by atoms with Crippen molar-refractivity contribution in [1.29, 1.82) is 0 Å². The third kappa shape index (κ3) is 3.83. The number of carboxylic acids is 1. The van der Waals surface area contributed by atoms with Crippen LogP contribution in [0.15, 0.2) is 47.0 Å². The van der Waals surface area contributed by atoms with Crippen LogP contribution in [0.1, 0.15) is 23.4 Å². The summed E-state index contributed by atoms with van der Waals surface area (Å²) in [6.45, 7) is 7.91. The Bertz CT molecular complexity index is 772. The maximum Gasteiger partial charge on any atom is 0.371 e. The Morgan fingerprint density at radius 3 is 2.48 bits per heavy atom. The number of carbonyl (C=O) groups excluding carboxylic acids is 1. The van der Waals surface area contributed by atoms with E-state index in [1.165, 1.54) is 4.90 Å². The fourth-order valence-electron chi connectivity index (χ4n) is 2.74. The Hall–Kier alpha value is -2.39. The predicted molar refractivity (Wildman–Crippen MR) is 89.6 cm³/mol. The zero-order valence-corrected chi connectivity index (χ0v) is 14.4. The minimum Gasteiger partial charge on any atom is -0.475 e. The molecule has 0 saturated carbocycles. The van der Waals surface area contributed by atoms with E-state index in [1.54, 1.807) is 12.2 Å². The second-order valence-corrected chi connectivity index (χ2v) is 7.34. The molecule has 2 rings (SSSR count). The van der Waals surface area contributed by atoms with Crippen molar-refractivity contribution in [1.82, 2.24) is 9.21 Å². The first-order valence-electron chi connectivity index (χ1n) is 7.68. The van der Waals surface area contributed by atoms with Crippen molar-refractivity contribution in [2.24, 2.45) is 0 Å². The minimum atomic E-state index is -4.10. The highest BCUT2D eigenvalue weighted by Gasteiger charge is 2.42. The first-order chi connectivity index (χ1) is 11.8. The summed E-state index contributed by atoms with van der Waals surface area (Å²) in [5.41, 5.74) is 0. The molecule has 1 aliphatic rings. The van der Waals surface area contributed by atoms with Gasteiger partial charge in [-0.3, -0.25) is 4.79 Å². The smallest absolute Gasteiger partial charge is 0.371 e. The van der Waals surface area contributed by atoms with Gasteiger partial charge in [0.15, 0.2) is 0 Å². The van der Waals surface area contributed by atoms with E-state index in [-0.39, 0.29) is 25.5 Å². The molecular formula is C16H20N2O6S. The van der Waals surface area contributed by atoms with E-state index in [0.717, 1.165) is 16.4 Å². The van der Waals surface area contributed by atoms with Crippen molar-refractivity contribution in [2.75, 3.05) is 19.6 Å². The third-order valence-corrected chi connectivity index (χ3v) is 5.64. The van der Waals surface area contributed by atoms with E-state index >= 15 is 0 Å². The van der Waals surface area contributed by atoms with Crippen molar-refractivity contribution in [3.8, 4) is 0 Å². The maximum atomic E-state index is 12.8. The molecule has 2 heterocycles. The average Bonchev–Trinajstić information content (AvgIpc) is 3.23. The van der Waals surface area contributed by atoms with Gasteiger partial charge in [-0.15, -0.1) is 13.2 Å². The molecule has 0 radical (unpaired) electrons. The second kappa shape index (κ2) is 7.66. The summed E-state index contributed by atoms with van der Waals surface area (Å²) in [6.07, 6.45) is 4.02. The lowest BCUT2D eigenvalue weighted by molar-refractivity contribution is -0.133. The van der Waals surface area contributed by atoms with E-state index in [2.05, 4.69) is 13.2 Å². The summed E-state index contributed by atoms with van der Waals surface area (Å²) in [5.74, 6) is -2.18. The van der Waals surface area contributed by atoms with Crippen LogP contribution >= 0.6 is 0 Å². The molecule has 0 aliphatic carbocycles. The van der Waals surface area contributed by atoms with Gasteiger partial charge in [0, 0.05) is 19.6 Å². The fraction of sp³-hybridized carbons (Fsp3) is 0.375. The highest BCUT2D eigenvalue weighted by Crippen LogP contribution is 2.28. The summed E-state index contributed by atoms with van der Waals surface area (Å²) >= 11 is 0. The van der Waals surface area contributed by atoms with E-state index in [4.69, 9.17) is 9.52 Å². The van der Waals surface area contributed by atoms with Gasteiger partial charge in [-0.2, -0.15) is 4.31 Å². The SMILES string of the molecule is C=CCN(CC=C)C(=O)C1CCCN1S(=O)(=O)c1ccc(C(=O)O)o1. The minimum absolute atomic E-state index is 0.165. The Balaban J connectivity index is 2.29. The fourth-order valence-corrected chi connectivity index (χ4v) is 4.31. The lowest BCUT2D eigenvalue weighted by atomic mass is 10.2. The van der Waals surface area contributed by atoms with E-state index in [9.17, 15) is 18.0 Å². The van der Waals surface area contributed by atoms with Crippen LogP contribution in [-0.2, 0) is 14.8 Å². The number of carboxylic acid groups (broad SMARTS) is 1. The lowest BCUT2D eigenvalue weighted by Crippen LogP contribution is -2.47. The topological polar surface area (TPSA) is 108 Å². The van der Waals surface area contributed by atoms with Gasteiger partial charge in [-0.25, -0.2) is 13.2 Å². The molecular weight excluding hydrogens is 348 g/mol. The first-order valence-corrected chi connectivity index (χ1v) is 9.12. The van der Waals surface area contributed by atoms with Crippen LogP contribution in [0.25, 0.3) is 0 Å². The van der Waals surface area contributed by atoms with Crippen molar-refractivity contribution in [3.63, 3.8) is 0 Å². The van der Waals surface area contributed by atoms with Crippen molar-refractivity contribution in [2.45, 2.75) is 24.0 Å². The van der Waals surface area contributed by atoms with Crippen LogP contribution < -0.4 is 0 Å². The zero-order chi connectivity index (χ0) is 18.6. The molecule has 1 unspecified atom stereocenters. The van der Waals surface area contributed by atoms with Gasteiger partial charge < -0.3 is 14.4 Å². The lowest BCUT2D eigenvalue weighted by Gasteiger charge is -2.28. The normalized spacial score (nSPS) is 18.0. The molecule has 136 valence electrons. The van der Waals surface area contributed by atoms with Crippen LogP contribution in [0.5, 0.6) is 0 Å². The number of carbonyl (C=O) groups is 2. The summed E-state index contributed by atoms with van der Waals surface area (Å²) in [7, 11) is -4.10. The van der Waals surface area contributed by atoms with Crippen LogP contribution in [0.4, 0.5) is 0 Å². The molecule has 0 aromatic carbocycles. The van der Waals surface area contributed by atoms with Crippen molar-refractivity contribution in [3.05, 3.63) is 43.2 Å². The Kier molecular flexibility index (Phi) is 5.81. The Labute approximate surface area is 146 Å². The van der Waals surface area contributed by atoms with Gasteiger partial charge in [0.2, 0.25) is 16.8 Å². The standard InChI is InChI=1S/C16H20N2O6S/c1-3-9-17(10-4-2)15(19)12-6-5-11-18(12)25(22,23)14-8-7-13(24-14)16(20)21/h3-4,7-8,12H,1-2,5-6,9-11H2,(H,20,21). The molecule has 1 aromatic rings. The summed E-state index contributed by atoms with van der Waals surface area (Å²) in [6, 6.07) is 1.30. The molecule has 0 bridgehead atoms. The highest BCUT2D eigenvalue weighted by molar-refractivity contribution is 7.89. The number of rotatable bonds is 8. The number of hydrogen-bond acceptors (Lipinski definition) is 5. The zero-order valence-electron chi connectivity index (χ0n) is 13.6. The largest absolute Gasteiger partial charge is 0.475 e. The Morgan fingerprint density at radius 2 is 1.96 bits per heavy atom. The van der Waals surface area contributed by atoms with Crippen molar-refractivity contribution >= 4 is 21.9 Å². The number of hydrogen-bond donors (Lipinski definition) is 1. The van der Waals surface area contributed by atoms with Crippen LogP contribution in [-0.4, -0.2) is 60.3 Å². The highest BCUT2D eigenvalue weighted by atomic mass is 32.2. The molecule has 1 fully saturated rings. The monoisotopic (exact) mass is 368 g/mol. The Morgan fingerprint density at radius 1 is 1.32 bits per heavy atom. The van der Waals surface area contributed by atoms with Gasteiger partial charge >= 0.3 is 5.97 Å². The predicted octanol–water partition coefficient (Wildman–Crippen LogP) is 1.33. The molecule has 8 nitrogen and oxygen atoms in total. The molecule has 1 aromatic heterocycles. The molecule has 9 heteroatoms. The van der Waals surface area contributed by atoms with Gasteiger partial charge in [-0.1, -0.05) is 12.2 Å². The number of sulfonamides is 1.